The third-order valence-corrected chi connectivity index (χ3v) is 10.9. The number of phenols is 1. The van der Waals surface area contributed by atoms with E-state index in [-0.39, 0.29) is 0 Å². The molecule has 0 spiro atoms. The highest BCUT2D eigenvalue weighted by atomic mass is 16.3. The van der Waals surface area contributed by atoms with E-state index in [1.807, 2.05) is 6.07 Å². The van der Waals surface area contributed by atoms with Crippen LogP contribution in [0, 0.1) is 62.3 Å². The van der Waals surface area contributed by atoms with Crippen molar-refractivity contribution in [2.24, 2.45) is 0 Å². The van der Waals surface area contributed by atoms with Crippen molar-refractivity contribution >= 4 is 0 Å². The SMILES string of the molecule is Cc1ccc(C(C)Cc2ccc(O)c(CC(C)c3ccc(C)c(C)c3C)c2CC(C)c2ccc(C)c(C)c2C)c(C)c1C. The van der Waals surface area contributed by atoms with E-state index >= 15 is 0 Å². The highest BCUT2D eigenvalue weighted by Gasteiger charge is 2.23. The van der Waals surface area contributed by atoms with Crippen LogP contribution in [0.1, 0.15) is 122 Å². The largest absolute Gasteiger partial charge is 0.508 e. The molecular weight excluding hydrogens is 520 g/mol. The summed E-state index contributed by atoms with van der Waals surface area (Å²) in [4.78, 5) is 0. The molecule has 4 aromatic rings. The van der Waals surface area contributed by atoms with Crippen molar-refractivity contribution in [1.29, 1.82) is 0 Å². The number of hydrogen-bond donors (Lipinski definition) is 1. The predicted octanol–water partition coefficient (Wildman–Crippen LogP) is 11.2. The van der Waals surface area contributed by atoms with Crippen molar-refractivity contribution < 1.29 is 5.11 Å². The molecule has 4 rings (SSSR count). The lowest BCUT2D eigenvalue weighted by atomic mass is 9.79. The molecule has 0 radical (unpaired) electrons. The number of phenolic OH excluding ortho intramolecular Hbond substituents is 1. The van der Waals surface area contributed by atoms with Crippen LogP contribution < -0.4 is 0 Å². The monoisotopic (exact) mass is 574 g/mol. The Hall–Kier alpha value is -3.32. The fourth-order valence-corrected chi connectivity index (χ4v) is 7.21. The maximum absolute atomic E-state index is 11.5. The van der Waals surface area contributed by atoms with Gasteiger partial charge in [-0.05, 0) is 189 Å². The van der Waals surface area contributed by atoms with Crippen LogP contribution in [0.25, 0.3) is 0 Å². The second kappa shape index (κ2) is 13.1. The van der Waals surface area contributed by atoms with Gasteiger partial charge in [0.25, 0.3) is 0 Å². The minimum absolute atomic E-state index is 0.303. The second-order valence-electron chi connectivity index (χ2n) is 13.7. The summed E-state index contributed by atoms with van der Waals surface area (Å²) in [6.45, 7) is 27.2. The Morgan fingerprint density at radius 1 is 0.419 bits per heavy atom. The summed E-state index contributed by atoms with van der Waals surface area (Å²) in [5.74, 6) is 1.47. The fraction of sp³-hybridized carbons (Fsp3) is 0.429. The van der Waals surface area contributed by atoms with E-state index in [0.717, 1.165) is 24.8 Å². The number of hydrogen-bond acceptors (Lipinski definition) is 1. The van der Waals surface area contributed by atoms with Gasteiger partial charge in [-0.1, -0.05) is 63.2 Å². The van der Waals surface area contributed by atoms with Crippen LogP contribution in [0.3, 0.4) is 0 Å². The lowest BCUT2D eigenvalue weighted by molar-refractivity contribution is 0.463. The molecule has 43 heavy (non-hydrogen) atoms. The maximum atomic E-state index is 11.5. The Bertz CT molecular complexity index is 1640. The number of benzene rings is 4. The molecule has 3 atom stereocenters. The molecule has 1 N–H and O–H groups in total. The molecule has 0 aliphatic rings. The van der Waals surface area contributed by atoms with E-state index in [1.54, 1.807) is 0 Å². The van der Waals surface area contributed by atoms with E-state index in [4.69, 9.17) is 0 Å². The summed E-state index contributed by atoms with van der Waals surface area (Å²) in [6, 6.07) is 17.9. The molecule has 0 saturated carbocycles. The lowest BCUT2D eigenvalue weighted by Gasteiger charge is -2.26. The van der Waals surface area contributed by atoms with Gasteiger partial charge in [0.15, 0.2) is 0 Å². The van der Waals surface area contributed by atoms with Crippen molar-refractivity contribution in [2.45, 2.75) is 120 Å². The molecule has 0 heterocycles. The molecule has 1 heteroatoms. The molecule has 4 aromatic carbocycles. The first kappa shape index (κ1) is 32.6. The van der Waals surface area contributed by atoms with Gasteiger partial charge in [0.1, 0.15) is 5.75 Å². The van der Waals surface area contributed by atoms with E-state index in [0.29, 0.717) is 23.5 Å². The van der Waals surface area contributed by atoms with E-state index in [2.05, 4.69) is 126 Å². The molecular formula is C42H54O. The van der Waals surface area contributed by atoms with Gasteiger partial charge in [-0.2, -0.15) is 0 Å². The molecule has 228 valence electrons. The molecule has 0 fully saturated rings. The quantitative estimate of drug-likeness (QED) is 0.211. The first-order valence-corrected chi connectivity index (χ1v) is 16.2. The Labute approximate surface area is 262 Å². The predicted molar refractivity (Wildman–Crippen MR) is 186 cm³/mol. The van der Waals surface area contributed by atoms with Crippen molar-refractivity contribution in [2.75, 3.05) is 0 Å². The van der Waals surface area contributed by atoms with Crippen LogP contribution in [0.4, 0.5) is 0 Å². The first-order valence-electron chi connectivity index (χ1n) is 16.2. The minimum Gasteiger partial charge on any atom is -0.508 e. The molecule has 0 bridgehead atoms. The molecule has 0 amide bonds. The van der Waals surface area contributed by atoms with Gasteiger partial charge in [0.2, 0.25) is 0 Å². The summed E-state index contributed by atoms with van der Waals surface area (Å²) < 4.78 is 0. The summed E-state index contributed by atoms with van der Waals surface area (Å²) in [5.41, 5.74) is 20.5. The molecule has 0 saturated heterocycles. The van der Waals surface area contributed by atoms with Gasteiger partial charge in [-0.25, -0.2) is 0 Å². The summed E-state index contributed by atoms with van der Waals surface area (Å²) in [5, 5.41) is 11.5. The highest BCUT2D eigenvalue weighted by Crippen LogP contribution is 2.38. The third-order valence-electron chi connectivity index (χ3n) is 10.9. The van der Waals surface area contributed by atoms with Crippen molar-refractivity contribution in [3.63, 3.8) is 0 Å². The number of rotatable bonds is 9. The standard InChI is InChI=1S/C42H54O/c1-24-13-17-37(33(10)30(24)7)27(4)21-36-16-20-42(43)41(23-29(6)39-19-15-26(3)32(9)35(39)12)40(36)22-28(5)38-18-14-25(2)31(8)34(38)11/h13-20,27-29,43H,21-23H2,1-12H3. The zero-order valence-corrected chi connectivity index (χ0v) is 28.9. The normalized spacial score (nSPS) is 13.7. The van der Waals surface area contributed by atoms with Crippen LogP contribution in [-0.4, -0.2) is 5.11 Å². The van der Waals surface area contributed by atoms with E-state index < -0.39 is 0 Å². The molecule has 1 nitrogen and oxygen atoms in total. The molecule has 3 unspecified atom stereocenters. The van der Waals surface area contributed by atoms with Crippen LogP contribution in [0.5, 0.6) is 5.75 Å². The van der Waals surface area contributed by atoms with Crippen molar-refractivity contribution in [3.8, 4) is 5.75 Å². The minimum atomic E-state index is 0.303. The van der Waals surface area contributed by atoms with Gasteiger partial charge in [0.05, 0.1) is 0 Å². The van der Waals surface area contributed by atoms with Crippen LogP contribution >= 0.6 is 0 Å². The smallest absolute Gasteiger partial charge is 0.119 e. The molecule has 0 aliphatic heterocycles. The van der Waals surface area contributed by atoms with Gasteiger partial charge >= 0.3 is 0 Å². The van der Waals surface area contributed by atoms with Gasteiger partial charge < -0.3 is 5.11 Å². The summed E-state index contributed by atoms with van der Waals surface area (Å²) >= 11 is 0. The number of aryl methyl sites for hydroxylation is 3. The van der Waals surface area contributed by atoms with E-state index in [9.17, 15) is 5.11 Å². The van der Waals surface area contributed by atoms with Crippen LogP contribution in [0.15, 0.2) is 48.5 Å². The first-order chi connectivity index (χ1) is 20.2. The third kappa shape index (κ3) is 6.62. The average Bonchev–Trinajstić information content (AvgIpc) is 2.96. The summed E-state index contributed by atoms with van der Waals surface area (Å²) in [6.07, 6.45) is 2.70. The van der Waals surface area contributed by atoms with Crippen molar-refractivity contribution in [1.82, 2.24) is 0 Å². The Morgan fingerprint density at radius 2 is 0.767 bits per heavy atom. The molecule has 0 aliphatic carbocycles. The zero-order chi connectivity index (χ0) is 31.7. The van der Waals surface area contributed by atoms with Gasteiger partial charge in [-0.15, -0.1) is 0 Å². The lowest BCUT2D eigenvalue weighted by Crippen LogP contribution is -2.12. The summed E-state index contributed by atoms with van der Waals surface area (Å²) in [7, 11) is 0. The van der Waals surface area contributed by atoms with Gasteiger partial charge in [-0.3, -0.25) is 0 Å². The fourth-order valence-electron chi connectivity index (χ4n) is 7.21. The van der Waals surface area contributed by atoms with Crippen LogP contribution in [-0.2, 0) is 19.3 Å². The Balaban J connectivity index is 1.80. The van der Waals surface area contributed by atoms with Crippen LogP contribution in [0.2, 0.25) is 0 Å². The Kier molecular flexibility index (Phi) is 9.95. The molecule has 0 aromatic heterocycles. The van der Waals surface area contributed by atoms with Gasteiger partial charge in [0, 0.05) is 0 Å². The Morgan fingerprint density at radius 3 is 1.16 bits per heavy atom. The maximum Gasteiger partial charge on any atom is 0.119 e. The number of aromatic hydroxyl groups is 1. The highest BCUT2D eigenvalue weighted by molar-refractivity contribution is 5.50. The second-order valence-corrected chi connectivity index (χ2v) is 13.7. The van der Waals surface area contributed by atoms with E-state index in [1.165, 1.54) is 77.9 Å². The topological polar surface area (TPSA) is 20.2 Å². The van der Waals surface area contributed by atoms with Crippen molar-refractivity contribution in [3.05, 3.63) is 132 Å². The zero-order valence-electron chi connectivity index (χ0n) is 28.9. The average molecular weight is 575 g/mol.